The van der Waals surface area contributed by atoms with Gasteiger partial charge in [-0.1, -0.05) is 13.8 Å². The monoisotopic (exact) mass is 266 g/mol. The zero-order valence-electron chi connectivity index (χ0n) is 11.7. The SMILES string of the molecule is CC(C)CC(=O)OC12CC3CC(C1)OC(=O)C(C3)C2. The molecule has 4 atom stereocenters. The third-order valence-corrected chi connectivity index (χ3v) is 4.61. The highest BCUT2D eigenvalue weighted by Crippen LogP contribution is 2.51. The fraction of sp³-hybridized carbons (Fsp3) is 0.867. The van der Waals surface area contributed by atoms with Gasteiger partial charge < -0.3 is 9.47 Å². The van der Waals surface area contributed by atoms with Crippen molar-refractivity contribution in [1.82, 2.24) is 0 Å². The Morgan fingerprint density at radius 3 is 2.89 bits per heavy atom. The van der Waals surface area contributed by atoms with Crippen molar-refractivity contribution in [2.75, 3.05) is 0 Å². The lowest BCUT2D eigenvalue weighted by atomic mass is 9.65. The molecule has 0 aromatic rings. The molecule has 19 heavy (non-hydrogen) atoms. The number of carbonyl (C=O) groups is 2. The normalized spacial score (nSPS) is 40.2. The van der Waals surface area contributed by atoms with Gasteiger partial charge in [0.15, 0.2) is 0 Å². The molecule has 2 aliphatic carbocycles. The Balaban J connectivity index is 1.77. The van der Waals surface area contributed by atoms with E-state index in [-0.39, 0.29) is 24.0 Å². The Kier molecular flexibility index (Phi) is 3.06. The Labute approximate surface area is 113 Å². The minimum absolute atomic E-state index is 0.0365. The lowest BCUT2D eigenvalue weighted by Gasteiger charge is -2.45. The predicted octanol–water partition coefficient (Wildman–Crippen LogP) is 2.45. The number of fused-ring (bicyclic) bond motifs is 1. The van der Waals surface area contributed by atoms with Crippen LogP contribution in [-0.2, 0) is 19.1 Å². The number of hydrogen-bond acceptors (Lipinski definition) is 4. The summed E-state index contributed by atoms with van der Waals surface area (Å²) in [4.78, 5) is 23.9. The molecule has 4 aliphatic rings. The van der Waals surface area contributed by atoms with Crippen LogP contribution in [0.25, 0.3) is 0 Å². The molecule has 2 saturated carbocycles. The average Bonchev–Trinajstić information content (AvgIpc) is 2.39. The molecule has 4 rings (SSSR count). The molecule has 4 nitrogen and oxygen atoms in total. The molecule has 2 saturated heterocycles. The minimum Gasteiger partial charge on any atom is -0.462 e. The van der Waals surface area contributed by atoms with Gasteiger partial charge in [0.2, 0.25) is 0 Å². The molecule has 2 heterocycles. The highest BCUT2D eigenvalue weighted by Gasteiger charge is 2.54. The minimum atomic E-state index is -0.422. The van der Waals surface area contributed by atoms with E-state index in [2.05, 4.69) is 0 Å². The molecule has 0 aromatic heterocycles. The van der Waals surface area contributed by atoms with Crippen LogP contribution in [0.4, 0.5) is 0 Å². The Bertz CT molecular complexity index is 403. The standard InChI is InChI=1S/C15H22O4/c1-9(2)3-13(16)19-15-6-10-4-11(7-15)14(17)18-12(5-10)8-15/h9-12H,3-8H2,1-2H3. The summed E-state index contributed by atoms with van der Waals surface area (Å²) >= 11 is 0. The fourth-order valence-electron chi connectivity index (χ4n) is 4.12. The van der Waals surface area contributed by atoms with Crippen molar-refractivity contribution in [2.45, 2.75) is 64.1 Å². The van der Waals surface area contributed by atoms with E-state index in [1.54, 1.807) is 0 Å². The van der Waals surface area contributed by atoms with E-state index < -0.39 is 5.60 Å². The van der Waals surface area contributed by atoms with E-state index in [1.807, 2.05) is 13.8 Å². The lowest BCUT2D eigenvalue weighted by Crippen LogP contribution is -2.48. The quantitative estimate of drug-likeness (QED) is 0.736. The molecular formula is C15H22O4. The van der Waals surface area contributed by atoms with Gasteiger partial charge in [-0.3, -0.25) is 9.59 Å². The van der Waals surface area contributed by atoms with Crippen molar-refractivity contribution in [3.8, 4) is 0 Å². The van der Waals surface area contributed by atoms with Gasteiger partial charge in [-0.05, 0) is 31.1 Å². The molecule has 4 fully saturated rings. The molecule has 4 heteroatoms. The summed E-state index contributed by atoms with van der Waals surface area (Å²) in [5.41, 5.74) is -0.422. The first kappa shape index (κ1) is 12.9. The summed E-state index contributed by atoms with van der Waals surface area (Å²) in [5.74, 6) is 0.536. The van der Waals surface area contributed by atoms with Crippen LogP contribution in [0, 0.1) is 17.8 Å². The second-order valence-electron chi connectivity index (χ2n) is 6.96. The molecule has 106 valence electrons. The average molecular weight is 266 g/mol. The van der Waals surface area contributed by atoms with Crippen molar-refractivity contribution in [1.29, 1.82) is 0 Å². The second-order valence-corrected chi connectivity index (χ2v) is 6.96. The van der Waals surface area contributed by atoms with Gasteiger partial charge in [-0.2, -0.15) is 0 Å². The van der Waals surface area contributed by atoms with Crippen molar-refractivity contribution < 1.29 is 19.1 Å². The maximum Gasteiger partial charge on any atom is 0.309 e. The molecule has 0 radical (unpaired) electrons. The first-order chi connectivity index (χ1) is 8.96. The third kappa shape index (κ3) is 2.49. The van der Waals surface area contributed by atoms with Crippen LogP contribution in [0.15, 0.2) is 0 Å². The molecule has 0 N–H and O–H groups in total. The highest BCUT2D eigenvalue weighted by molar-refractivity contribution is 5.74. The van der Waals surface area contributed by atoms with Crippen molar-refractivity contribution in [3.63, 3.8) is 0 Å². The molecule has 0 amide bonds. The summed E-state index contributed by atoms with van der Waals surface area (Å²) in [7, 11) is 0. The fourth-order valence-corrected chi connectivity index (χ4v) is 4.12. The Morgan fingerprint density at radius 2 is 2.16 bits per heavy atom. The Hall–Kier alpha value is -1.06. The van der Waals surface area contributed by atoms with Crippen LogP contribution in [0.2, 0.25) is 0 Å². The smallest absolute Gasteiger partial charge is 0.309 e. The van der Waals surface area contributed by atoms with Gasteiger partial charge in [0.25, 0.3) is 0 Å². The van der Waals surface area contributed by atoms with Crippen molar-refractivity contribution in [2.24, 2.45) is 17.8 Å². The van der Waals surface area contributed by atoms with Crippen LogP contribution in [0.3, 0.4) is 0 Å². The first-order valence-electron chi connectivity index (χ1n) is 7.38. The largest absolute Gasteiger partial charge is 0.462 e. The number of hydrogen-bond donors (Lipinski definition) is 0. The van der Waals surface area contributed by atoms with Gasteiger partial charge in [0.1, 0.15) is 11.7 Å². The van der Waals surface area contributed by atoms with E-state index >= 15 is 0 Å². The maximum atomic E-state index is 12.0. The summed E-state index contributed by atoms with van der Waals surface area (Å²) in [6, 6.07) is 0. The second kappa shape index (κ2) is 4.50. The van der Waals surface area contributed by atoms with Crippen LogP contribution in [-0.4, -0.2) is 23.6 Å². The molecule has 2 aliphatic heterocycles. The summed E-state index contributed by atoms with van der Waals surface area (Å²) in [5, 5.41) is 0. The maximum absolute atomic E-state index is 12.0. The van der Waals surface area contributed by atoms with Gasteiger partial charge in [0, 0.05) is 19.3 Å². The van der Waals surface area contributed by atoms with Crippen LogP contribution < -0.4 is 0 Å². The topological polar surface area (TPSA) is 52.6 Å². The lowest BCUT2D eigenvalue weighted by molar-refractivity contribution is -0.174. The van der Waals surface area contributed by atoms with Crippen molar-refractivity contribution >= 4 is 11.9 Å². The van der Waals surface area contributed by atoms with Crippen LogP contribution in [0.1, 0.15) is 52.4 Å². The van der Waals surface area contributed by atoms with E-state index in [9.17, 15) is 9.59 Å². The number of esters is 2. The van der Waals surface area contributed by atoms with Gasteiger partial charge in [-0.15, -0.1) is 0 Å². The first-order valence-corrected chi connectivity index (χ1v) is 7.38. The summed E-state index contributed by atoms with van der Waals surface area (Å²) in [6.07, 6.45) is 4.57. The molecule has 0 aromatic carbocycles. The summed E-state index contributed by atoms with van der Waals surface area (Å²) in [6.45, 7) is 4.03. The number of rotatable bonds is 3. The van der Waals surface area contributed by atoms with Gasteiger partial charge in [0.05, 0.1) is 5.92 Å². The van der Waals surface area contributed by atoms with Crippen LogP contribution in [0.5, 0.6) is 0 Å². The molecular weight excluding hydrogens is 244 g/mol. The van der Waals surface area contributed by atoms with E-state index in [4.69, 9.17) is 9.47 Å². The predicted molar refractivity (Wildman–Crippen MR) is 68.2 cm³/mol. The molecule has 0 spiro atoms. The van der Waals surface area contributed by atoms with E-state index in [0.29, 0.717) is 31.1 Å². The zero-order chi connectivity index (χ0) is 13.6. The number of carbonyl (C=O) groups excluding carboxylic acids is 2. The summed E-state index contributed by atoms with van der Waals surface area (Å²) < 4.78 is 11.3. The van der Waals surface area contributed by atoms with Crippen LogP contribution >= 0.6 is 0 Å². The molecule has 4 unspecified atom stereocenters. The highest BCUT2D eigenvalue weighted by atomic mass is 16.6. The van der Waals surface area contributed by atoms with Crippen molar-refractivity contribution in [3.05, 3.63) is 0 Å². The third-order valence-electron chi connectivity index (χ3n) is 4.61. The van der Waals surface area contributed by atoms with E-state index in [1.165, 1.54) is 0 Å². The Morgan fingerprint density at radius 1 is 1.37 bits per heavy atom. The zero-order valence-corrected chi connectivity index (χ0v) is 11.7. The molecule has 4 bridgehead atoms. The van der Waals surface area contributed by atoms with Gasteiger partial charge >= 0.3 is 11.9 Å². The van der Waals surface area contributed by atoms with Gasteiger partial charge in [-0.25, -0.2) is 0 Å². The van der Waals surface area contributed by atoms with E-state index in [0.717, 1.165) is 19.3 Å². The number of ether oxygens (including phenoxy) is 2.